The summed E-state index contributed by atoms with van der Waals surface area (Å²) in [5.74, 6) is -0.0820. The Hall–Kier alpha value is -3.48. The number of carbonyl (C=O) groups is 2. The van der Waals surface area contributed by atoms with Gasteiger partial charge in [0.2, 0.25) is 0 Å². The molecule has 0 aliphatic carbocycles. The van der Waals surface area contributed by atoms with E-state index in [9.17, 15) is 9.59 Å². The van der Waals surface area contributed by atoms with Crippen LogP contribution in [0, 0.1) is 0 Å². The second kappa shape index (κ2) is 9.41. The molecule has 0 amide bonds. The van der Waals surface area contributed by atoms with Gasteiger partial charge in [0.05, 0.1) is 11.1 Å². The maximum Gasteiger partial charge on any atom is 0.344 e. The van der Waals surface area contributed by atoms with Crippen LogP contribution in [0.25, 0.3) is 21.5 Å². The number of carbonyl (C=O) groups excluding carboxylic acids is 2. The zero-order valence-corrected chi connectivity index (χ0v) is 20.8. The van der Waals surface area contributed by atoms with E-state index >= 15 is 0 Å². The van der Waals surface area contributed by atoms with E-state index in [1.54, 1.807) is 72.8 Å². The largest absolute Gasteiger partial charge is 0.423 e. The Bertz CT molecular complexity index is 1430. The van der Waals surface area contributed by atoms with Crippen LogP contribution in [-0.2, 0) is 0 Å². The molecule has 0 unspecified atom stereocenters. The molecule has 5 aromatic carbocycles. The number of hydrogen-bond acceptors (Lipinski definition) is 4. The van der Waals surface area contributed by atoms with Crippen LogP contribution >= 0.6 is 31.9 Å². The van der Waals surface area contributed by atoms with E-state index in [0.29, 0.717) is 37.9 Å². The van der Waals surface area contributed by atoms with Crippen molar-refractivity contribution >= 4 is 65.3 Å². The van der Waals surface area contributed by atoms with E-state index in [-0.39, 0.29) is 0 Å². The molecule has 5 aromatic rings. The Morgan fingerprint density at radius 1 is 0.500 bits per heavy atom. The molecule has 166 valence electrons. The van der Waals surface area contributed by atoms with E-state index in [0.717, 1.165) is 15.2 Å². The van der Waals surface area contributed by atoms with E-state index in [1.165, 1.54) is 0 Å². The Morgan fingerprint density at radius 3 is 1.32 bits per heavy atom. The monoisotopic (exact) mass is 574 g/mol. The summed E-state index contributed by atoms with van der Waals surface area (Å²) in [4.78, 5) is 26.3. The third kappa shape index (κ3) is 4.11. The van der Waals surface area contributed by atoms with E-state index in [4.69, 9.17) is 9.47 Å². The lowest BCUT2D eigenvalue weighted by atomic mass is 9.97. The fourth-order valence-electron chi connectivity index (χ4n) is 3.85. The molecule has 0 spiro atoms. The number of rotatable bonds is 4. The Kier molecular flexibility index (Phi) is 6.18. The first-order valence-electron chi connectivity index (χ1n) is 10.4. The molecule has 0 radical (unpaired) electrons. The maximum absolute atomic E-state index is 13.1. The van der Waals surface area contributed by atoms with E-state index < -0.39 is 11.9 Å². The number of halogens is 2. The second-order valence-corrected chi connectivity index (χ2v) is 9.08. The number of para-hydroxylation sites is 2. The first kappa shape index (κ1) is 22.3. The zero-order valence-electron chi connectivity index (χ0n) is 17.6. The molecule has 0 heterocycles. The standard InChI is InChI=1S/C28H16Br2O4/c29-25-19-13-7-15-21(27(31)33-17-9-3-1-4-10-17)23(19)26(30)24-20(25)14-8-16-22(24)28(32)34-18-11-5-2-6-12-18/h1-16H. The van der Waals surface area contributed by atoms with Crippen molar-refractivity contribution in [2.45, 2.75) is 0 Å². The van der Waals surface area contributed by atoms with Crippen molar-refractivity contribution in [3.05, 3.63) is 117 Å². The number of fused-ring (bicyclic) bond motifs is 2. The predicted octanol–water partition coefficient (Wildman–Crippen LogP) is 7.96. The summed E-state index contributed by atoms with van der Waals surface area (Å²) in [5.41, 5.74) is 0.754. The molecular formula is C28H16Br2O4. The third-order valence-electron chi connectivity index (χ3n) is 5.39. The molecular weight excluding hydrogens is 560 g/mol. The molecule has 0 bridgehead atoms. The highest BCUT2D eigenvalue weighted by molar-refractivity contribution is 9.11. The van der Waals surface area contributed by atoms with E-state index in [1.807, 2.05) is 24.3 Å². The first-order valence-corrected chi connectivity index (χ1v) is 12.0. The van der Waals surface area contributed by atoms with Gasteiger partial charge in [0.15, 0.2) is 0 Å². The molecule has 0 aliphatic rings. The number of ether oxygens (including phenoxy) is 2. The van der Waals surface area contributed by atoms with Crippen molar-refractivity contribution in [3.63, 3.8) is 0 Å². The summed E-state index contributed by atoms with van der Waals surface area (Å²) >= 11 is 7.38. The average molecular weight is 576 g/mol. The van der Waals surface area contributed by atoms with Crippen LogP contribution in [0.3, 0.4) is 0 Å². The molecule has 0 aliphatic heterocycles. The topological polar surface area (TPSA) is 52.6 Å². The molecule has 0 aromatic heterocycles. The molecule has 0 saturated heterocycles. The van der Waals surface area contributed by atoms with Gasteiger partial charge in [-0.2, -0.15) is 0 Å². The lowest BCUT2D eigenvalue weighted by molar-refractivity contribution is 0.0727. The molecule has 0 saturated carbocycles. The Morgan fingerprint density at radius 2 is 0.912 bits per heavy atom. The average Bonchev–Trinajstić information content (AvgIpc) is 2.87. The minimum atomic E-state index is -0.493. The molecule has 34 heavy (non-hydrogen) atoms. The van der Waals surface area contributed by atoms with Gasteiger partial charge >= 0.3 is 11.9 Å². The number of benzene rings is 5. The highest BCUT2D eigenvalue weighted by Gasteiger charge is 2.23. The van der Waals surface area contributed by atoms with Crippen molar-refractivity contribution < 1.29 is 19.1 Å². The van der Waals surface area contributed by atoms with Gasteiger partial charge < -0.3 is 9.47 Å². The van der Waals surface area contributed by atoms with Gasteiger partial charge in [-0.05, 0) is 79.0 Å². The lowest BCUT2D eigenvalue weighted by Crippen LogP contribution is -2.11. The van der Waals surface area contributed by atoms with Crippen LogP contribution in [0.1, 0.15) is 20.7 Å². The fourth-order valence-corrected chi connectivity index (χ4v) is 5.37. The highest BCUT2D eigenvalue weighted by Crippen LogP contribution is 2.42. The van der Waals surface area contributed by atoms with Gasteiger partial charge in [-0.1, -0.05) is 60.7 Å². The Balaban J connectivity index is 1.68. The van der Waals surface area contributed by atoms with Crippen molar-refractivity contribution in [3.8, 4) is 11.5 Å². The van der Waals surface area contributed by atoms with Crippen molar-refractivity contribution in [2.24, 2.45) is 0 Å². The minimum Gasteiger partial charge on any atom is -0.423 e. The van der Waals surface area contributed by atoms with Crippen LogP contribution in [-0.4, -0.2) is 11.9 Å². The summed E-state index contributed by atoms with van der Waals surface area (Å²) in [6.07, 6.45) is 0. The molecule has 0 atom stereocenters. The summed E-state index contributed by atoms with van der Waals surface area (Å²) in [6.45, 7) is 0. The van der Waals surface area contributed by atoms with Gasteiger partial charge in [-0.25, -0.2) is 9.59 Å². The minimum absolute atomic E-state index is 0.377. The summed E-state index contributed by atoms with van der Waals surface area (Å²) in [5, 5.41) is 2.91. The molecule has 0 fully saturated rings. The second-order valence-electron chi connectivity index (χ2n) is 7.49. The van der Waals surface area contributed by atoms with Gasteiger partial charge in [0.25, 0.3) is 0 Å². The summed E-state index contributed by atoms with van der Waals surface area (Å²) in [7, 11) is 0. The molecule has 6 heteroatoms. The number of esters is 2. The van der Waals surface area contributed by atoms with Crippen LogP contribution in [0.2, 0.25) is 0 Å². The maximum atomic E-state index is 13.1. The van der Waals surface area contributed by atoms with E-state index in [2.05, 4.69) is 31.9 Å². The van der Waals surface area contributed by atoms with Crippen LogP contribution in [0.4, 0.5) is 0 Å². The van der Waals surface area contributed by atoms with Crippen molar-refractivity contribution in [1.29, 1.82) is 0 Å². The van der Waals surface area contributed by atoms with Crippen LogP contribution < -0.4 is 9.47 Å². The summed E-state index contributed by atoms with van der Waals surface area (Å²) in [6, 6.07) is 28.7. The summed E-state index contributed by atoms with van der Waals surface area (Å²) < 4.78 is 12.6. The lowest BCUT2D eigenvalue weighted by Gasteiger charge is -2.15. The molecule has 0 N–H and O–H groups in total. The fraction of sp³-hybridized carbons (Fsp3) is 0. The molecule has 4 nitrogen and oxygen atoms in total. The third-order valence-corrected chi connectivity index (χ3v) is 7.04. The molecule has 5 rings (SSSR count). The normalized spacial score (nSPS) is 10.9. The van der Waals surface area contributed by atoms with Gasteiger partial charge in [-0.15, -0.1) is 0 Å². The quantitative estimate of drug-likeness (QED) is 0.124. The van der Waals surface area contributed by atoms with Crippen LogP contribution in [0.15, 0.2) is 106 Å². The first-order chi connectivity index (χ1) is 16.5. The smallest absolute Gasteiger partial charge is 0.344 e. The predicted molar refractivity (Wildman–Crippen MR) is 140 cm³/mol. The van der Waals surface area contributed by atoms with Crippen molar-refractivity contribution in [1.82, 2.24) is 0 Å². The number of hydrogen-bond donors (Lipinski definition) is 0. The highest BCUT2D eigenvalue weighted by atomic mass is 79.9. The zero-order chi connectivity index (χ0) is 23.7. The van der Waals surface area contributed by atoms with Gasteiger partial charge in [0, 0.05) is 19.7 Å². The SMILES string of the molecule is O=C(Oc1ccccc1)c1cccc2c(Br)c3cccc(C(=O)Oc4ccccc4)c3c(Br)c12. The van der Waals surface area contributed by atoms with Crippen molar-refractivity contribution in [2.75, 3.05) is 0 Å². The van der Waals surface area contributed by atoms with Crippen LogP contribution in [0.5, 0.6) is 11.5 Å². The van der Waals surface area contributed by atoms with Gasteiger partial charge in [0.1, 0.15) is 11.5 Å². The Labute approximate surface area is 212 Å². The van der Waals surface area contributed by atoms with Gasteiger partial charge in [-0.3, -0.25) is 0 Å².